The molecule has 1 amide bonds. The van der Waals surface area contributed by atoms with Gasteiger partial charge in [-0.05, 0) is 51.0 Å². The first-order valence-electron chi connectivity index (χ1n) is 11.7. The van der Waals surface area contributed by atoms with Crippen molar-refractivity contribution in [1.29, 1.82) is 0 Å². The Labute approximate surface area is 183 Å². The highest BCUT2D eigenvalue weighted by Gasteiger charge is 2.33. The third kappa shape index (κ3) is 4.31. The summed E-state index contributed by atoms with van der Waals surface area (Å²) in [7, 11) is 1.96. The molecule has 31 heavy (non-hydrogen) atoms. The van der Waals surface area contributed by atoms with Crippen molar-refractivity contribution in [3.63, 3.8) is 0 Å². The molecule has 166 valence electrons. The van der Waals surface area contributed by atoms with E-state index >= 15 is 0 Å². The summed E-state index contributed by atoms with van der Waals surface area (Å²) in [5, 5.41) is 4.82. The fourth-order valence-corrected chi connectivity index (χ4v) is 5.11. The number of carbonyl (C=O) groups excluding carboxylic acids is 1. The molecule has 5 heterocycles. The Balaban J connectivity index is 1.37. The van der Waals surface area contributed by atoms with Crippen LogP contribution in [0.5, 0.6) is 0 Å². The van der Waals surface area contributed by atoms with Gasteiger partial charge < -0.3 is 14.5 Å². The van der Waals surface area contributed by atoms with Crippen molar-refractivity contribution in [3.8, 4) is 11.3 Å². The Bertz CT molecular complexity index is 917. The number of aryl methyl sites for hydroxylation is 1. The molecule has 3 aliphatic heterocycles. The molecule has 0 aliphatic carbocycles. The highest BCUT2D eigenvalue weighted by molar-refractivity contribution is 5.81. The van der Waals surface area contributed by atoms with Gasteiger partial charge in [0.15, 0.2) is 0 Å². The SMILES string of the molecule is Cn1cc(-c2ccnc(N3CCCC3)n2)c([C@@H]2CCCN(C(=O)[C@H]3CCCCO3)C2)n1. The van der Waals surface area contributed by atoms with Crippen molar-refractivity contribution < 1.29 is 9.53 Å². The van der Waals surface area contributed by atoms with Gasteiger partial charge in [0, 0.05) is 63.7 Å². The number of ether oxygens (including phenoxy) is 1. The number of nitrogens with zero attached hydrogens (tertiary/aromatic N) is 6. The van der Waals surface area contributed by atoms with Crippen LogP contribution in [0.3, 0.4) is 0 Å². The molecule has 0 aromatic carbocycles. The smallest absolute Gasteiger partial charge is 0.251 e. The second-order valence-electron chi connectivity index (χ2n) is 9.02. The number of likely N-dealkylation sites (tertiary alicyclic amines) is 1. The summed E-state index contributed by atoms with van der Waals surface area (Å²) in [6, 6.07) is 1.97. The topological polar surface area (TPSA) is 76.4 Å². The van der Waals surface area contributed by atoms with E-state index < -0.39 is 0 Å². The van der Waals surface area contributed by atoms with Crippen LogP contribution in [-0.2, 0) is 16.6 Å². The zero-order valence-corrected chi connectivity index (χ0v) is 18.4. The molecule has 8 nitrogen and oxygen atoms in total. The first kappa shape index (κ1) is 20.4. The number of carbonyl (C=O) groups is 1. The summed E-state index contributed by atoms with van der Waals surface area (Å²) >= 11 is 0. The van der Waals surface area contributed by atoms with Crippen LogP contribution in [0.25, 0.3) is 11.3 Å². The van der Waals surface area contributed by atoms with E-state index in [1.807, 2.05) is 28.9 Å². The number of aromatic nitrogens is 4. The fourth-order valence-electron chi connectivity index (χ4n) is 5.11. The van der Waals surface area contributed by atoms with Gasteiger partial charge in [0.2, 0.25) is 5.95 Å². The van der Waals surface area contributed by atoms with Crippen LogP contribution >= 0.6 is 0 Å². The first-order chi connectivity index (χ1) is 15.2. The summed E-state index contributed by atoms with van der Waals surface area (Å²) in [4.78, 5) is 26.7. The highest BCUT2D eigenvalue weighted by atomic mass is 16.5. The number of amides is 1. The molecule has 3 aliphatic rings. The first-order valence-corrected chi connectivity index (χ1v) is 11.7. The van der Waals surface area contributed by atoms with Gasteiger partial charge in [-0.25, -0.2) is 9.97 Å². The van der Waals surface area contributed by atoms with Crippen LogP contribution in [0, 0.1) is 0 Å². The van der Waals surface area contributed by atoms with Gasteiger partial charge in [-0.2, -0.15) is 5.10 Å². The van der Waals surface area contributed by atoms with E-state index in [9.17, 15) is 4.79 Å². The number of hydrogen-bond acceptors (Lipinski definition) is 6. The van der Waals surface area contributed by atoms with E-state index in [0.29, 0.717) is 13.2 Å². The average Bonchev–Trinajstić information content (AvgIpc) is 3.49. The second-order valence-corrected chi connectivity index (χ2v) is 9.02. The quantitative estimate of drug-likeness (QED) is 0.751. The molecule has 8 heteroatoms. The molecule has 2 aromatic rings. The summed E-state index contributed by atoms with van der Waals surface area (Å²) in [6.45, 7) is 4.25. The molecule has 0 saturated carbocycles. The molecular weight excluding hydrogens is 392 g/mol. The normalized spacial score (nSPS) is 24.5. The van der Waals surface area contributed by atoms with E-state index in [1.54, 1.807) is 0 Å². The van der Waals surface area contributed by atoms with Gasteiger partial charge in [-0.1, -0.05) is 0 Å². The zero-order chi connectivity index (χ0) is 21.2. The maximum Gasteiger partial charge on any atom is 0.251 e. The minimum absolute atomic E-state index is 0.153. The Kier molecular flexibility index (Phi) is 5.89. The molecule has 5 rings (SSSR count). The summed E-state index contributed by atoms with van der Waals surface area (Å²) in [5.74, 6) is 1.17. The van der Waals surface area contributed by atoms with Crippen LogP contribution in [0.15, 0.2) is 18.5 Å². The van der Waals surface area contributed by atoms with Gasteiger partial charge >= 0.3 is 0 Å². The largest absolute Gasteiger partial charge is 0.368 e. The molecule has 2 atom stereocenters. The van der Waals surface area contributed by atoms with Crippen LogP contribution in [0.2, 0.25) is 0 Å². The van der Waals surface area contributed by atoms with Crippen LogP contribution < -0.4 is 4.90 Å². The molecular formula is C23H32N6O2. The minimum Gasteiger partial charge on any atom is -0.368 e. The predicted molar refractivity (Wildman–Crippen MR) is 118 cm³/mol. The van der Waals surface area contributed by atoms with Gasteiger partial charge in [0.1, 0.15) is 6.10 Å². The van der Waals surface area contributed by atoms with Crippen LogP contribution in [-0.4, -0.2) is 69.4 Å². The molecule has 0 spiro atoms. The molecule has 3 fully saturated rings. The summed E-state index contributed by atoms with van der Waals surface area (Å²) in [5.41, 5.74) is 3.01. The van der Waals surface area contributed by atoms with Crippen molar-refractivity contribution in [2.75, 3.05) is 37.7 Å². The molecule has 3 saturated heterocycles. The molecule has 2 aromatic heterocycles. The summed E-state index contributed by atoms with van der Waals surface area (Å²) in [6.07, 6.45) is 11.0. The molecule has 0 unspecified atom stereocenters. The number of piperidine rings is 1. The van der Waals surface area contributed by atoms with Crippen molar-refractivity contribution in [2.45, 2.75) is 57.0 Å². The predicted octanol–water partition coefficient (Wildman–Crippen LogP) is 2.75. The molecule has 0 N–H and O–H groups in total. The minimum atomic E-state index is -0.263. The van der Waals surface area contributed by atoms with E-state index in [0.717, 1.165) is 74.6 Å². The lowest BCUT2D eigenvalue weighted by molar-refractivity contribution is -0.147. The lowest BCUT2D eigenvalue weighted by Gasteiger charge is -2.35. The van der Waals surface area contributed by atoms with Crippen molar-refractivity contribution in [2.24, 2.45) is 7.05 Å². The fraction of sp³-hybridized carbons (Fsp3) is 0.652. The van der Waals surface area contributed by atoms with E-state index in [4.69, 9.17) is 14.8 Å². The second kappa shape index (κ2) is 8.94. The van der Waals surface area contributed by atoms with E-state index in [1.165, 1.54) is 12.8 Å². The zero-order valence-electron chi connectivity index (χ0n) is 18.4. The van der Waals surface area contributed by atoms with Crippen LogP contribution in [0.4, 0.5) is 5.95 Å². The van der Waals surface area contributed by atoms with Gasteiger partial charge in [-0.3, -0.25) is 9.48 Å². The van der Waals surface area contributed by atoms with Gasteiger partial charge in [0.05, 0.1) is 11.4 Å². The Morgan fingerprint density at radius 3 is 2.77 bits per heavy atom. The number of hydrogen-bond donors (Lipinski definition) is 0. The Morgan fingerprint density at radius 1 is 1.10 bits per heavy atom. The monoisotopic (exact) mass is 424 g/mol. The lowest BCUT2D eigenvalue weighted by Crippen LogP contribution is -2.46. The van der Waals surface area contributed by atoms with Crippen molar-refractivity contribution in [1.82, 2.24) is 24.6 Å². The Morgan fingerprint density at radius 2 is 1.97 bits per heavy atom. The number of rotatable bonds is 4. The molecule has 0 radical (unpaired) electrons. The average molecular weight is 425 g/mol. The third-order valence-corrected chi connectivity index (χ3v) is 6.74. The molecule has 0 bridgehead atoms. The lowest BCUT2D eigenvalue weighted by atomic mass is 9.91. The summed E-state index contributed by atoms with van der Waals surface area (Å²) < 4.78 is 7.63. The van der Waals surface area contributed by atoms with Gasteiger partial charge in [-0.15, -0.1) is 0 Å². The Hall–Kier alpha value is -2.48. The highest BCUT2D eigenvalue weighted by Crippen LogP contribution is 2.34. The standard InChI is InChI=1S/C23H32N6O2/c1-27-16-18(19-9-10-24-23(25-19)28-11-3-4-12-28)21(26-27)17-7-6-13-29(15-17)22(30)20-8-2-5-14-31-20/h9-10,16-17,20H,2-8,11-15H2,1H3/t17-,20-/m1/s1. The van der Waals surface area contributed by atoms with E-state index in [-0.39, 0.29) is 17.9 Å². The van der Waals surface area contributed by atoms with Crippen molar-refractivity contribution >= 4 is 11.9 Å². The maximum absolute atomic E-state index is 13.0. The number of anilines is 1. The maximum atomic E-state index is 13.0. The third-order valence-electron chi connectivity index (χ3n) is 6.74. The van der Waals surface area contributed by atoms with Gasteiger partial charge in [0.25, 0.3) is 5.91 Å². The van der Waals surface area contributed by atoms with Crippen molar-refractivity contribution in [3.05, 3.63) is 24.2 Å². The van der Waals surface area contributed by atoms with Crippen LogP contribution in [0.1, 0.15) is 56.6 Å². The van der Waals surface area contributed by atoms with E-state index in [2.05, 4.69) is 16.1 Å².